The van der Waals surface area contributed by atoms with E-state index in [1.54, 1.807) is 30.6 Å². The van der Waals surface area contributed by atoms with Crippen molar-refractivity contribution in [1.29, 1.82) is 0 Å². The van der Waals surface area contributed by atoms with Crippen LogP contribution in [0.4, 0.5) is 26.8 Å². The van der Waals surface area contributed by atoms with Crippen LogP contribution in [0.15, 0.2) is 36.8 Å². The van der Waals surface area contributed by atoms with Crippen molar-refractivity contribution in [3.05, 3.63) is 42.4 Å². The van der Waals surface area contributed by atoms with Gasteiger partial charge in [-0.2, -0.15) is 0 Å². The zero-order valence-electron chi connectivity index (χ0n) is 20.0. The zero-order chi connectivity index (χ0) is 24.2. The first-order valence-electron chi connectivity index (χ1n) is 11.5. The highest BCUT2D eigenvalue weighted by atomic mass is 16.5. The molecule has 0 saturated carbocycles. The van der Waals surface area contributed by atoms with Crippen LogP contribution in [-0.2, 0) is 4.74 Å². The van der Waals surface area contributed by atoms with E-state index in [0.717, 1.165) is 22.4 Å². The lowest BCUT2D eigenvalue weighted by molar-refractivity contribution is 0.147. The number of aromatic amines is 1. The number of hydrogen-bond donors (Lipinski definition) is 3. The van der Waals surface area contributed by atoms with Crippen molar-refractivity contribution in [2.75, 3.05) is 41.8 Å². The number of rotatable bonds is 5. The lowest BCUT2D eigenvalue weighted by Crippen LogP contribution is -2.55. The number of anilines is 3. The van der Waals surface area contributed by atoms with Crippen LogP contribution >= 0.6 is 0 Å². The average Bonchev–Trinajstić information content (AvgIpc) is 3.19. The number of carbonyl (C=O) groups excluding carboxylic acids is 2. The van der Waals surface area contributed by atoms with E-state index in [0.29, 0.717) is 37.6 Å². The van der Waals surface area contributed by atoms with E-state index < -0.39 is 6.09 Å². The summed E-state index contributed by atoms with van der Waals surface area (Å²) in [6.45, 7) is 10.2. The van der Waals surface area contributed by atoms with Crippen molar-refractivity contribution in [2.24, 2.45) is 5.92 Å². The van der Waals surface area contributed by atoms with Crippen molar-refractivity contribution in [2.45, 2.75) is 33.7 Å². The average molecular weight is 466 g/mol. The van der Waals surface area contributed by atoms with E-state index in [2.05, 4.69) is 30.5 Å². The minimum Gasteiger partial charge on any atom is -0.449 e. The maximum atomic E-state index is 13.0. The van der Waals surface area contributed by atoms with Crippen molar-refractivity contribution in [3.8, 4) is 0 Å². The molecule has 0 spiro atoms. The molecule has 3 N–H and O–H groups in total. The van der Waals surface area contributed by atoms with Gasteiger partial charge in [-0.15, -0.1) is 0 Å². The van der Waals surface area contributed by atoms with Gasteiger partial charge in [-0.05, 0) is 43.5 Å². The third-order valence-electron chi connectivity index (χ3n) is 5.74. The minimum atomic E-state index is -0.515. The fraction of sp³-hybridized carbons (Fsp3) is 0.417. The topological polar surface area (TPSA) is 115 Å². The van der Waals surface area contributed by atoms with Crippen molar-refractivity contribution in [1.82, 2.24) is 19.9 Å². The molecule has 1 atom stereocenters. The molecule has 1 aliphatic heterocycles. The molecule has 3 heterocycles. The Kier molecular flexibility index (Phi) is 6.85. The lowest BCUT2D eigenvalue weighted by atomic mass is 10.1. The van der Waals surface area contributed by atoms with E-state index in [4.69, 9.17) is 4.74 Å². The Bertz CT molecular complexity index is 1180. The molecule has 4 rings (SSSR count). The maximum Gasteiger partial charge on any atom is 0.411 e. The molecule has 34 heavy (non-hydrogen) atoms. The van der Waals surface area contributed by atoms with Crippen LogP contribution in [0.1, 0.15) is 26.3 Å². The van der Waals surface area contributed by atoms with Gasteiger partial charge in [-0.1, -0.05) is 19.9 Å². The molecule has 3 aromatic rings. The monoisotopic (exact) mass is 465 g/mol. The summed E-state index contributed by atoms with van der Waals surface area (Å²) in [4.78, 5) is 41.0. The normalized spacial score (nSPS) is 16.1. The third kappa shape index (κ3) is 5.22. The van der Waals surface area contributed by atoms with Crippen LogP contribution in [0.3, 0.4) is 0 Å². The number of aryl methyl sites for hydroxylation is 1. The smallest absolute Gasteiger partial charge is 0.411 e. The highest BCUT2D eigenvalue weighted by Gasteiger charge is 2.29. The van der Waals surface area contributed by atoms with Gasteiger partial charge in [0.1, 0.15) is 17.8 Å². The molecule has 180 valence electrons. The van der Waals surface area contributed by atoms with Crippen LogP contribution in [0, 0.1) is 12.8 Å². The molecule has 0 unspecified atom stereocenters. The van der Waals surface area contributed by atoms with E-state index in [-0.39, 0.29) is 18.0 Å². The third-order valence-corrected chi connectivity index (χ3v) is 5.74. The quantitative estimate of drug-likeness (QED) is 0.520. The molecule has 10 heteroatoms. The van der Waals surface area contributed by atoms with E-state index in [1.807, 2.05) is 38.8 Å². The second-order valence-corrected chi connectivity index (χ2v) is 9.01. The molecule has 3 amide bonds. The number of carbonyl (C=O) groups is 2. The van der Waals surface area contributed by atoms with Crippen molar-refractivity contribution in [3.63, 3.8) is 0 Å². The molecule has 0 aliphatic carbocycles. The van der Waals surface area contributed by atoms with Crippen LogP contribution in [-0.4, -0.2) is 64.3 Å². The summed E-state index contributed by atoms with van der Waals surface area (Å²) in [5, 5.41) is 6.65. The largest absolute Gasteiger partial charge is 0.449 e. The SMILES string of the molecule is Cc1c[nH]c2ncnc(N3CCN(C(=O)Nc4cccc(NC(=O)OCC(C)C)c4)[C@@H](C)C3)c12. The van der Waals surface area contributed by atoms with E-state index in [9.17, 15) is 9.59 Å². The number of aromatic nitrogens is 3. The summed E-state index contributed by atoms with van der Waals surface area (Å²) in [7, 11) is 0. The van der Waals surface area contributed by atoms with Crippen LogP contribution in [0.2, 0.25) is 0 Å². The molecule has 1 saturated heterocycles. The number of nitrogens with zero attached hydrogens (tertiary/aromatic N) is 4. The summed E-state index contributed by atoms with van der Waals surface area (Å²) >= 11 is 0. The molecular formula is C24H31N7O3. The number of piperazine rings is 1. The Morgan fingerprint density at radius 1 is 1.21 bits per heavy atom. The molecule has 10 nitrogen and oxygen atoms in total. The van der Waals surface area contributed by atoms with Gasteiger partial charge in [0.2, 0.25) is 0 Å². The molecule has 0 radical (unpaired) electrons. The Hall–Kier alpha value is -3.82. The standard InChI is InChI=1S/C24H31N7O3/c1-15(2)13-34-24(33)29-19-7-5-6-18(10-19)28-23(32)31-9-8-30(12-17(31)4)22-20-16(3)11-25-21(20)26-14-27-22/h5-7,10-11,14-15,17H,8-9,12-13H2,1-4H3,(H,28,32)(H,29,33)(H,25,26,27)/t17-/m0/s1. The Labute approximate surface area is 198 Å². The molecule has 1 fully saturated rings. The first-order valence-corrected chi connectivity index (χ1v) is 11.5. The number of benzene rings is 1. The highest BCUT2D eigenvalue weighted by molar-refractivity contribution is 5.93. The molecule has 1 aliphatic rings. The van der Waals surface area contributed by atoms with Gasteiger partial charge in [-0.25, -0.2) is 19.6 Å². The number of hydrogen-bond acceptors (Lipinski definition) is 6. The number of urea groups is 1. The van der Waals surface area contributed by atoms with Gasteiger partial charge in [-0.3, -0.25) is 5.32 Å². The van der Waals surface area contributed by atoms with Gasteiger partial charge >= 0.3 is 12.1 Å². The summed E-state index contributed by atoms with van der Waals surface area (Å²) < 4.78 is 5.15. The molecule has 0 bridgehead atoms. The van der Waals surface area contributed by atoms with Crippen LogP contribution in [0.5, 0.6) is 0 Å². The molecule has 2 aromatic heterocycles. The van der Waals surface area contributed by atoms with Gasteiger partial charge in [0.15, 0.2) is 0 Å². The number of ether oxygens (including phenoxy) is 1. The van der Waals surface area contributed by atoms with E-state index in [1.165, 1.54) is 0 Å². The molecule has 1 aromatic carbocycles. The predicted molar refractivity (Wildman–Crippen MR) is 132 cm³/mol. The summed E-state index contributed by atoms with van der Waals surface area (Å²) in [5.41, 5.74) is 3.07. The van der Waals surface area contributed by atoms with Gasteiger partial charge in [0.25, 0.3) is 0 Å². The summed E-state index contributed by atoms with van der Waals surface area (Å²) in [6, 6.07) is 6.81. The van der Waals surface area contributed by atoms with Gasteiger partial charge in [0, 0.05) is 43.2 Å². The van der Waals surface area contributed by atoms with Crippen molar-refractivity contribution >= 4 is 40.4 Å². The number of fused-ring (bicyclic) bond motifs is 1. The summed E-state index contributed by atoms with van der Waals surface area (Å²) in [5.74, 6) is 1.14. The van der Waals surface area contributed by atoms with Crippen molar-refractivity contribution < 1.29 is 14.3 Å². The van der Waals surface area contributed by atoms with Gasteiger partial charge in [0.05, 0.1) is 12.0 Å². The van der Waals surface area contributed by atoms with Crippen LogP contribution in [0.25, 0.3) is 11.0 Å². The maximum absolute atomic E-state index is 13.0. The minimum absolute atomic E-state index is 0.0228. The Morgan fingerprint density at radius 2 is 1.97 bits per heavy atom. The van der Waals surface area contributed by atoms with E-state index >= 15 is 0 Å². The van der Waals surface area contributed by atoms with Crippen LogP contribution < -0.4 is 15.5 Å². The fourth-order valence-corrected chi connectivity index (χ4v) is 4.06. The number of nitrogens with one attached hydrogen (secondary N) is 3. The predicted octanol–water partition coefficient (Wildman–Crippen LogP) is 4.21. The summed E-state index contributed by atoms with van der Waals surface area (Å²) in [6.07, 6.45) is 2.98. The second-order valence-electron chi connectivity index (χ2n) is 9.01. The Morgan fingerprint density at radius 3 is 2.71 bits per heavy atom. The first-order chi connectivity index (χ1) is 16.3. The number of amides is 3. The van der Waals surface area contributed by atoms with Gasteiger partial charge < -0.3 is 24.8 Å². The first kappa shape index (κ1) is 23.3. The second kappa shape index (κ2) is 9.98. The zero-order valence-corrected chi connectivity index (χ0v) is 20.0. The number of H-pyrrole nitrogens is 1. The fourth-order valence-electron chi connectivity index (χ4n) is 4.06. The lowest BCUT2D eigenvalue weighted by Gasteiger charge is -2.40. The molecular weight excluding hydrogens is 434 g/mol. The highest BCUT2D eigenvalue weighted by Crippen LogP contribution is 2.28. The Balaban J connectivity index is 1.37.